The first-order valence-electron chi connectivity index (χ1n) is 6.57. The quantitative estimate of drug-likeness (QED) is 0.691. The fourth-order valence-electron chi connectivity index (χ4n) is 2.72. The van der Waals surface area contributed by atoms with Crippen LogP contribution in [0, 0.1) is 12.8 Å². The molecule has 0 aromatic carbocycles. The molecule has 18 heavy (non-hydrogen) atoms. The fourth-order valence-corrected chi connectivity index (χ4v) is 3.90. The second kappa shape index (κ2) is 4.78. The Morgan fingerprint density at radius 3 is 2.67 bits per heavy atom. The Hall–Kier alpha value is -0.670. The highest BCUT2D eigenvalue weighted by Gasteiger charge is 2.23. The van der Waals surface area contributed by atoms with Gasteiger partial charge in [0.1, 0.15) is 15.8 Å². The number of halogens is 1. The van der Waals surface area contributed by atoms with Crippen molar-refractivity contribution in [2.45, 2.75) is 45.4 Å². The van der Waals surface area contributed by atoms with E-state index in [9.17, 15) is 0 Å². The molecule has 1 saturated carbocycles. The summed E-state index contributed by atoms with van der Waals surface area (Å²) >= 11 is 7.99. The van der Waals surface area contributed by atoms with Crippen LogP contribution in [0.2, 0.25) is 5.15 Å². The molecule has 0 unspecified atom stereocenters. The fraction of sp³-hybridized carbons (Fsp3) is 0.571. The third-order valence-corrected chi connectivity index (χ3v) is 5.10. The lowest BCUT2D eigenvalue weighted by Crippen LogP contribution is -2.13. The molecule has 0 aliphatic heterocycles. The Balaban J connectivity index is 1.97. The highest BCUT2D eigenvalue weighted by molar-refractivity contribution is 7.18. The van der Waals surface area contributed by atoms with Crippen LogP contribution in [0.1, 0.15) is 49.2 Å². The predicted octanol–water partition coefficient (Wildman–Crippen LogP) is 4.95. The molecule has 0 amide bonds. The number of thiophene rings is 1. The molecule has 2 nitrogen and oxygen atoms in total. The minimum Gasteiger partial charge on any atom is -0.222 e. The van der Waals surface area contributed by atoms with E-state index in [-0.39, 0.29) is 0 Å². The molecule has 0 bridgehead atoms. The smallest absolute Gasteiger partial charge is 0.141 e. The number of aromatic nitrogens is 2. The van der Waals surface area contributed by atoms with E-state index in [0.29, 0.717) is 11.1 Å². The van der Waals surface area contributed by atoms with Crippen LogP contribution in [0.15, 0.2) is 6.07 Å². The molecule has 1 aliphatic carbocycles. The SMILES string of the molecule is Cc1cc2c(Cl)nc(C3CCC(C)CC3)nc2s1. The zero-order valence-corrected chi connectivity index (χ0v) is 12.3. The van der Waals surface area contributed by atoms with Gasteiger partial charge in [0.05, 0.1) is 0 Å². The van der Waals surface area contributed by atoms with Crippen molar-refractivity contribution in [3.05, 3.63) is 21.9 Å². The van der Waals surface area contributed by atoms with Gasteiger partial charge in [-0.1, -0.05) is 31.4 Å². The molecule has 3 rings (SSSR count). The number of nitrogens with zero attached hydrogens (tertiary/aromatic N) is 2. The molecular weight excluding hydrogens is 264 g/mol. The Bertz CT molecular complexity index is 570. The number of fused-ring (bicyclic) bond motifs is 1. The van der Waals surface area contributed by atoms with Crippen molar-refractivity contribution in [3.63, 3.8) is 0 Å². The van der Waals surface area contributed by atoms with Crippen molar-refractivity contribution in [2.24, 2.45) is 5.92 Å². The molecule has 1 aliphatic rings. The van der Waals surface area contributed by atoms with Gasteiger partial charge >= 0.3 is 0 Å². The van der Waals surface area contributed by atoms with Crippen LogP contribution in [0.5, 0.6) is 0 Å². The summed E-state index contributed by atoms with van der Waals surface area (Å²) in [6.07, 6.45) is 4.97. The molecule has 0 N–H and O–H groups in total. The van der Waals surface area contributed by atoms with Crippen LogP contribution in [0.4, 0.5) is 0 Å². The van der Waals surface area contributed by atoms with E-state index in [2.05, 4.69) is 24.9 Å². The van der Waals surface area contributed by atoms with Gasteiger partial charge in [0, 0.05) is 16.2 Å². The monoisotopic (exact) mass is 280 g/mol. The van der Waals surface area contributed by atoms with Crippen molar-refractivity contribution in [3.8, 4) is 0 Å². The van der Waals surface area contributed by atoms with Gasteiger partial charge < -0.3 is 0 Å². The van der Waals surface area contributed by atoms with Gasteiger partial charge in [-0.15, -0.1) is 11.3 Å². The summed E-state index contributed by atoms with van der Waals surface area (Å²) in [6, 6.07) is 2.08. The van der Waals surface area contributed by atoms with Crippen LogP contribution in [-0.4, -0.2) is 9.97 Å². The van der Waals surface area contributed by atoms with Crippen LogP contribution >= 0.6 is 22.9 Å². The zero-order valence-electron chi connectivity index (χ0n) is 10.7. The maximum Gasteiger partial charge on any atom is 0.141 e. The Kier molecular flexibility index (Phi) is 3.29. The van der Waals surface area contributed by atoms with Crippen LogP contribution < -0.4 is 0 Å². The lowest BCUT2D eigenvalue weighted by molar-refractivity contribution is 0.340. The number of aryl methyl sites for hydroxylation is 1. The van der Waals surface area contributed by atoms with E-state index >= 15 is 0 Å². The van der Waals surface area contributed by atoms with E-state index in [1.165, 1.54) is 30.6 Å². The summed E-state index contributed by atoms with van der Waals surface area (Å²) in [6.45, 7) is 4.42. The van der Waals surface area contributed by atoms with Gasteiger partial charge in [0.25, 0.3) is 0 Å². The first-order valence-corrected chi connectivity index (χ1v) is 7.76. The third-order valence-electron chi connectivity index (χ3n) is 3.87. The summed E-state index contributed by atoms with van der Waals surface area (Å²) in [7, 11) is 0. The first-order chi connectivity index (χ1) is 8.63. The number of rotatable bonds is 1. The van der Waals surface area contributed by atoms with Crippen molar-refractivity contribution in [1.82, 2.24) is 9.97 Å². The molecule has 0 radical (unpaired) electrons. The minimum absolute atomic E-state index is 0.505. The van der Waals surface area contributed by atoms with Crippen LogP contribution in [0.3, 0.4) is 0 Å². The van der Waals surface area contributed by atoms with Crippen molar-refractivity contribution < 1.29 is 0 Å². The Morgan fingerprint density at radius 1 is 1.22 bits per heavy atom. The van der Waals surface area contributed by atoms with Gasteiger partial charge in [-0.05, 0) is 31.7 Å². The summed E-state index contributed by atoms with van der Waals surface area (Å²) in [5.74, 6) is 2.32. The van der Waals surface area contributed by atoms with Gasteiger partial charge in [0.15, 0.2) is 0 Å². The van der Waals surface area contributed by atoms with E-state index < -0.39 is 0 Å². The molecule has 2 aromatic rings. The minimum atomic E-state index is 0.505. The second-order valence-corrected chi connectivity index (χ2v) is 7.00. The lowest BCUT2D eigenvalue weighted by Gasteiger charge is -2.24. The van der Waals surface area contributed by atoms with Crippen LogP contribution in [-0.2, 0) is 0 Å². The average Bonchev–Trinajstić information content (AvgIpc) is 2.71. The maximum atomic E-state index is 6.28. The molecule has 4 heteroatoms. The summed E-state index contributed by atoms with van der Waals surface area (Å²) in [5, 5.41) is 1.63. The highest BCUT2D eigenvalue weighted by Crippen LogP contribution is 2.36. The maximum absolute atomic E-state index is 6.28. The van der Waals surface area contributed by atoms with Gasteiger partial charge in [-0.2, -0.15) is 0 Å². The largest absolute Gasteiger partial charge is 0.222 e. The third kappa shape index (κ3) is 2.26. The van der Waals surface area contributed by atoms with Crippen molar-refractivity contribution in [2.75, 3.05) is 0 Å². The molecule has 0 atom stereocenters. The van der Waals surface area contributed by atoms with Crippen molar-refractivity contribution >= 4 is 33.2 Å². The second-order valence-electron chi connectivity index (χ2n) is 5.41. The average molecular weight is 281 g/mol. The normalized spacial score (nSPS) is 24.6. The molecule has 96 valence electrons. The molecule has 2 heterocycles. The number of hydrogen-bond donors (Lipinski definition) is 0. The molecule has 0 spiro atoms. The Morgan fingerprint density at radius 2 is 1.94 bits per heavy atom. The molecule has 0 saturated heterocycles. The predicted molar refractivity (Wildman–Crippen MR) is 77.5 cm³/mol. The standard InChI is InChI=1S/C14H17ClN2S/c1-8-3-5-10(6-4-8)13-16-12(15)11-7-9(2)18-14(11)17-13/h7-8,10H,3-6H2,1-2H3. The summed E-state index contributed by atoms with van der Waals surface area (Å²) < 4.78 is 0. The molecule has 1 fully saturated rings. The van der Waals surface area contributed by atoms with E-state index in [1.54, 1.807) is 11.3 Å². The topological polar surface area (TPSA) is 25.8 Å². The van der Waals surface area contributed by atoms with Crippen molar-refractivity contribution in [1.29, 1.82) is 0 Å². The van der Waals surface area contributed by atoms with Gasteiger partial charge in [0.2, 0.25) is 0 Å². The Labute approximate surface area is 116 Å². The number of hydrogen-bond acceptors (Lipinski definition) is 3. The van der Waals surface area contributed by atoms with E-state index in [1.807, 2.05) is 0 Å². The highest BCUT2D eigenvalue weighted by atomic mass is 35.5. The molecule has 2 aromatic heterocycles. The summed E-state index contributed by atoms with van der Waals surface area (Å²) in [5.41, 5.74) is 0. The van der Waals surface area contributed by atoms with E-state index in [0.717, 1.165) is 22.0 Å². The van der Waals surface area contributed by atoms with E-state index in [4.69, 9.17) is 16.6 Å². The van der Waals surface area contributed by atoms with Gasteiger partial charge in [-0.25, -0.2) is 9.97 Å². The first kappa shape index (κ1) is 12.4. The zero-order chi connectivity index (χ0) is 12.7. The molecular formula is C14H17ClN2S. The summed E-state index contributed by atoms with van der Waals surface area (Å²) in [4.78, 5) is 11.5. The lowest BCUT2D eigenvalue weighted by atomic mass is 9.82. The van der Waals surface area contributed by atoms with Gasteiger partial charge in [-0.3, -0.25) is 0 Å². The van der Waals surface area contributed by atoms with Crippen LogP contribution in [0.25, 0.3) is 10.2 Å².